The van der Waals surface area contributed by atoms with Gasteiger partial charge in [-0.1, -0.05) is 61.5 Å². The third-order valence-corrected chi connectivity index (χ3v) is 4.32. The summed E-state index contributed by atoms with van der Waals surface area (Å²) in [4.78, 5) is 4.54. The van der Waals surface area contributed by atoms with Crippen LogP contribution in [0.15, 0.2) is 66.9 Å². The Morgan fingerprint density at radius 1 is 0.952 bits per heavy atom. The van der Waals surface area contributed by atoms with E-state index < -0.39 is 5.60 Å². The van der Waals surface area contributed by atoms with Gasteiger partial charge >= 0.3 is 0 Å². The fourth-order valence-electron chi connectivity index (χ4n) is 2.78. The lowest BCUT2D eigenvalue weighted by Gasteiger charge is -2.31. The molecule has 1 heterocycles. The zero-order valence-electron chi connectivity index (χ0n) is 12.3. The predicted octanol–water partition coefficient (Wildman–Crippen LogP) is 4.25. The summed E-state index contributed by atoms with van der Waals surface area (Å²) in [5.41, 5.74) is 0.882. The largest absolute Gasteiger partial charge is 0.385 e. The van der Waals surface area contributed by atoms with Gasteiger partial charge in [0.1, 0.15) is 0 Å². The molecule has 0 aliphatic carbocycles. The van der Waals surface area contributed by atoms with E-state index in [4.69, 9.17) is 0 Å². The SMILES string of the molecule is C[C@@H](c1nccc2ccccc12)[C@@](C)(O)c1ccccc1. The number of benzene rings is 2. The van der Waals surface area contributed by atoms with Gasteiger partial charge in [0.2, 0.25) is 0 Å². The molecule has 0 bridgehead atoms. The van der Waals surface area contributed by atoms with Crippen LogP contribution in [0, 0.1) is 0 Å². The van der Waals surface area contributed by atoms with E-state index in [1.165, 1.54) is 0 Å². The standard InChI is InChI=1S/C19H19NO/c1-14(19(2,21)16-9-4-3-5-10-16)18-17-11-7-6-8-15(17)12-13-20-18/h3-14,21H,1-2H3/t14-,19+/m0/s1. The highest BCUT2D eigenvalue weighted by molar-refractivity contribution is 5.84. The van der Waals surface area contributed by atoms with Crippen molar-refractivity contribution in [3.05, 3.63) is 78.1 Å². The smallest absolute Gasteiger partial charge is 0.0949 e. The Labute approximate surface area is 125 Å². The van der Waals surface area contributed by atoms with Crippen LogP contribution in [0.1, 0.15) is 31.0 Å². The van der Waals surface area contributed by atoms with E-state index in [0.29, 0.717) is 0 Å². The van der Waals surface area contributed by atoms with E-state index >= 15 is 0 Å². The first-order valence-electron chi connectivity index (χ1n) is 7.22. The average molecular weight is 277 g/mol. The van der Waals surface area contributed by atoms with E-state index in [1.54, 1.807) is 0 Å². The number of fused-ring (bicyclic) bond motifs is 1. The molecule has 0 saturated carbocycles. The number of hydrogen-bond acceptors (Lipinski definition) is 2. The molecule has 2 atom stereocenters. The summed E-state index contributed by atoms with van der Waals surface area (Å²) in [7, 11) is 0. The third kappa shape index (κ3) is 2.43. The van der Waals surface area contributed by atoms with Crippen molar-refractivity contribution < 1.29 is 5.11 Å². The first kappa shape index (κ1) is 13.8. The second-order valence-corrected chi connectivity index (χ2v) is 5.65. The van der Waals surface area contributed by atoms with Gasteiger partial charge in [0.15, 0.2) is 0 Å². The van der Waals surface area contributed by atoms with Crippen LogP contribution >= 0.6 is 0 Å². The molecule has 0 aliphatic rings. The van der Waals surface area contributed by atoms with Crippen LogP contribution in [-0.2, 0) is 5.60 Å². The second kappa shape index (κ2) is 5.30. The Bertz CT molecular complexity index is 744. The van der Waals surface area contributed by atoms with Gasteiger partial charge in [-0.25, -0.2) is 0 Å². The van der Waals surface area contributed by atoms with Crippen LogP contribution < -0.4 is 0 Å². The summed E-state index contributed by atoms with van der Waals surface area (Å²) in [5.74, 6) is -0.106. The Morgan fingerprint density at radius 2 is 1.62 bits per heavy atom. The molecule has 1 N–H and O–H groups in total. The molecular formula is C19H19NO. The van der Waals surface area contributed by atoms with Crippen LogP contribution in [-0.4, -0.2) is 10.1 Å². The molecule has 2 heteroatoms. The van der Waals surface area contributed by atoms with Crippen molar-refractivity contribution in [2.24, 2.45) is 0 Å². The van der Waals surface area contributed by atoms with E-state index in [0.717, 1.165) is 22.0 Å². The second-order valence-electron chi connectivity index (χ2n) is 5.65. The summed E-state index contributed by atoms with van der Waals surface area (Å²) >= 11 is 0. The van der Waals surface area contributed by atoms with Crippen molar-refractivity contribution in [3.8, 4) is 0 Å². The van der Waals surface area contributed by atoms with Crippen LogP contribution in [0.2, 0.25) is 0 Å². The number of aromatic nitrogens is 1. The average Bonchev–Trinajstić information content (AvgIpc) is 2.54. The monoisotopic (exact) mass is 277 g/mol. The summed E-state index contributed by atoms with van der Waals surface area (Å²) in [6.07, 6.45) is 1.81. The lowest BCUT2D eigenvalue weighted by atomic mass is 9.81. The van der Waals surface area contributed by atoms with Crippen molar-refractivity contribution in [2.45, 2.75) is 25.4 Å². The molecule has 21 heavy (non-hydrogen) atoms. The van der Waals surface area contributed by atoms with Gasteiger partial charge in [-0.15, -0.1) is 0 Å². The highest BCUT2D eigenvalue weighted by Crippen LogP contribution is 2.37. The van der Waals surface area contributed by atoms with Gasteiger partial charge in [0, 0.05) is 17.5 Å². The van der Waals surface area contributed by atoms with Gasteiger partial charge in [0.25, 0.3) is 0 Å². The van der Waals surface area contributed by atoms with E-state index in [9.17, 15) is 5.11 Å². The van der Waals surface area contributed by atoms with Gasteiger partial charge in [-0.2, -0.15) is 0 Å². The number of pyridine rings is 1. The topological polar surface area (TPSA) is 33.1 Å². The number of aliphatic hydroxyl groups is 1. The van der Waals surface area contributed by atoms with E-state index in [-0.39, 0.29) is 5.92 Å². The molecule has 3 aromatic rings. The van der Waals surface area contributed by atoms with Crippen molar-refractivity contribution >= 4 is 10.8 Å². The molecule has 0 radical (unpaired) electrons. The third-order valence-electron chi connectivity index (χ3n) is 4.32. The molecule has 2 nitrogen and oxygen atoms in total. The Kier molecular flexibility index (Phi) is 3.48. The first-order valence-corrected chi connectivity index (χ1v) is 7.22. The minimum Gasteiger partial charge on any atom is -0.385 e. The fourth-order valence-corrected chi connectivity index (χ4v) is 2.78. The number of hydrogen-bond donors (Lipinski definition) is 1. The van der Waals surface area contributed by atoms with Gasteiger partial charge in [0.05, 0.1) is 11.3 Å². The summed E-state index contributed by atoms with van der Waals surface area (Å²) in [6.45, 7) is 3.89. The molecule has 0 amide bonds. The van der Waals surface area contributed by atoms with Crippen LogP contribution in [0.4, 0.5) is 0 Å². The molecule has 0 saturated heterocycles. The van der Waals surface area contributed by atoms with Crippen LogP contribution in [0.3, 0.4) is 0 Å². The zero-order valence-corrected chi connectivity index (χ0v) is 12.3. The fraction of sp³-hybridized carbons (Fsp3) is 0.211. The molecule has 106 valence electrons. The quantitative estimate of drug-likeness (QED) is 0.776. The van der Waals surface area contributed by atoms with Crippen molar-refractivity contribution in [3.63, 3.8) is 0 Å². The number of rotatable bonds is 3. The Hall–Kier alpha value is -2.19. The minimum absolute atomic E-state index is 0.106. The van der Waals surface area contributed by atoms with Crippen LogP contribution in [0.5, 0.6) is 0 Å². The Balaban J connectivity index is 2.10. The highest BCUT2D eigenvalue weighted by Gasteiger charge is 2.33. The highest BCUT2D eigenvalue weighted by atomic mass is 16.3. The molecule has 0 aliphatic heterocycles. The molecule has 0 spiro atoms. The molecule has 2 aromatic carbocycles. The lowest BCUT2D eigenvalue weighted by Crippen LogP contribution is -2.29. The molecule has 3 rings (SSSR count). The predicted molar refractivity (Wildman–Crippen MR) is 86.2 cm³/mol. The van der Waals surface area contributed by atoms with Gasteiger partial charge in [-0.3, -0.25) is 4.98 Å². The summed E-state index contributed by atoms with van der Waals surface area (Å²) < 4.78 is 0. The van der Waals surface area contributed by atoms with Crippen molar-refractivity contribution in [1.82, 2.24) is 4.98 Å². The molecule has 0 unspecified atom stereocenters. The molecular weight excluding hydrogens is 258 g/mol. The minimum atomic E-state index is -0.960. The van der Waals surface area contributed by atoms with Crippen molar-refractivity contribution in [2.75, 3.05) is 0 Å². The van der Waals surface area contributed by atoms with Gasteiger partial charge in [-0.05, 0) is 23.9 Å². The maximum Gasteiger partial charge on any atom is 0.0949 e. The van der Waals surface area contributed by atoms with Gasteiger partial charge < -0.3 is 5.11 Å². The molecule has 0 fully saturated rings. The van der Waals surface area contributed by atoms with E-state index in [1.807, 2.05) is 68.6 Å². The number of nitrogens with zero attached hydrogens (tertiary/aromatic N) is 1. The zero-order chi connectivity index (χ0) is 14.9. The van der Waals surface area contributed by atoms with E-state index in [2.05, 4.69) is 17.1 Å². The maximum absolute atomic E-state index is 11.0. The van der Waals surface area contributed by atoms with Crippen LogP contribution in [0.25, 0.3) is 10.8 Å². The normalized spacial score (nSPS) is 15.6. The lowest BCUT2D eigenvalue weighted by molar-refractivity contribution is 0.0315. The molecule has 1 aromatic heterocycles. The maximum atomic E-state index is 11.0. The summed E-state index contributed by atoms with van der Waals surface area (Å²) in [5, 5.41) is 13.3. The Morgan fingerprint density at radius 3 is 2.38 bits per heavy atom. The first-order chi connectivity index (χ1) is 10.1. The summed E-state index contributed by atoms with van der Waals surface area (Å²) in [6, 6.07) is 20.0. The van der Waals surface area contributed by atoms with Crippen molar-refractivity contribution in [1.29, 1.82) is 0 Å².